The number of hydrogen-bond acceptors (Lipinski definition) is 4. The number of carboxylic acid groups (broad SMARTS) is 1. The van der Waals surface area contributed by atoms with Gasteiger partial charge >= 0.3 is 5.97 Å². The molecule has 0 fully saturated rings. The van der Waals surface area contributed by atoms with Crippen LogP contribution in [-0.4, -0.2) is 29.5 Å². The Hall–Kier alpha value is -4.22. The lowest BCUT2D eigenvalue weighted by molar-refractivity contribution is -0.141. The lowest BCUT2D eigenvalue weighted by atomic mass is 9.90. The van der Waals surface area contributed by atoms with Crippen molar-refractivity contribution >= 4 is 11.8 Å². The maximum atomic E-state index is 13.6. The number of ether oxygens (including phenoxy) is 1. The maximum absolute atomic E-state index is 13.6. The predicted molar refractivity (Wildman–Crippen MR) is 136 cm³/mol. The highest BCUT2D eigenvalue weighted by atomic mass is 16.5. The van der Waals surface area contributed by atoms with Crippen LogP contribution >= 0.6 is 0 Å². The Balaban J connectivity index is 1.57. The summed E-state index contributed by atoms with van der Waals surface area (Å²) in [6, 6.07) is 34.6. The molecule has 0 aliphatic rings. The Morgan fingerprint density at radius 1 is 0.714 bits per heavy atom. The summed E-state index contributed by atoms with van der Waals surface area (Å²) in [5, 5.41) is 13.1. The Morgan fingerprint density at radius 3 is 1.86 bits per heavy atom. The summed E-state index contributed by atoms with van der Waals surface area (Å²) in [7, 11) is 0. The molecule has 0 spiro atoms. The standard InChI is InChI=1S/C30H27NO4/c32-29(25-18-16-24(17-19-25)23-12-6-2-7-13-23)27(21-35-26-14-8-3-9-15-26)28(30(33)34)31-20-22-10-4-1-5-11-22/h1-19,27-28,31H,20-21H2,(H,33,34). The molecule has 0 saturated carbocycles. The SMILES string of the molecule is O=C(c1ccc(-c2ccccc2)cc1)C(COc1ccccc1)C(NCc1ccccc1)C(=O)O. The average Bonchev–Trinajstić information content (AvgIpc) is 2.91. The molecule has 0 heterocycles. The van der Waals surface area contributed by atoms with Crippen LogP contribution in [0.15, 0.2) is 115 Å². The van der Waals surface area contributed by atoms with Gasteiger partial charge in [0, 0.05) is 12.1 Å². The van der Waals surface area contributed by atoms with Gasteiger partial charge in [0.2, 0.25) is 0 Å². The number of Topliss-reactive ketones (excluding diaryl/α,β-unsaturated/α-hetero) is 1. The summed E-state index contributed by atoms with van der Waals surface area (Å²) in [4.78, 5) is 25.9. The number of rotatable bonds is 11. The van der Waals surface area contributed by atoms with Crippen molar-refractivity contribution in [2.45, 2.75) is 12.6 Å². The molecule has 5 heteroatoms. The predicted octanol–water partition coefficient (Wildman–Crippen LogP) is 5.47. The van der Waals surface area contributed by atoms with Crippen molar-refractivity contribution in [3.8, 4) is 16.9 Å². The third kappa shape index (κ3) is 6.43. The van der Waals surface area contributed by atoms with Crippen LogP contribution in [-0.2, 0) is 11.3 Å². The fraction of sp³-hybridized carbons (Fsp3) is 0.133. The molecule has 2 unspecified atom stereocenters. The van der Waals surface area contributed by atoms with Crippen molar-refractivity contribution in [2.24, 2.45) is 5.92 Å². The molecule has 0 aromatic heterocycles. The molecule has 0 aliphatic carbocycles. The topological polar surface area (TPSA) is 75.6 Å². The van der Waals surface area contributed by atoms with E-state index in [0.29, 0.717) is 17.9 Å². The summed E-state index contributed by atoms with van der Waals surface area (Å²) in [6.45, 7) is 0.252. The largest absolute Gasteiger partial charge is 0.493 e. The van der Waals surface area contributed by atoms with Gasteiger partial charge in [-0.3, -0.25) is 14.9 Å². The van der Waals surface area contributed by atoms with Crippen LogP contribution in [0.25, 0.3) is 11.1 Å². The molecule has 35 heavy (non-hydrogen) atoms. The molecular formula is C30H27NO4. The van der Waals surface area contributed by atoms with E-state index in [9.17, 15) is 14.7 Å². The number of carboxylic acids is 1. The Bertz CT molecular complexity index is 1230. The molecule has 0 saturated heterocycles. The van der Waals surface area contributed by atoms with Gasteiger partial charge < -0.3 is 9.84 Å². The first kappa shape index (κ1) is 23.9. The second-order valence-electron chi connectivity index (χ2n) is 8.22. The summed E-state index contributed by atoms with van der Waals surface area (Å²) in [5.74, 6) is -1.73. The Labute approximate surface area is 205 Å². The van der Waals surface area contributed by atoms with Gasteiger partial charge in [0.05, 0.1) is 5.92 Å². The van der Waals surface area contributed by atoms with Crippen LogP contribution in [0.1, 0.15) is 15.9 Å². The number of nitrogens with one attached hydrogen (secondary N) is 1. The summed E-state index contributed by atoms with van der Waals surface area (Å²) < 4.78 is 5.86. The zero-order chi connectivity index (χ0) is 24.5. The molecule has 0 aliphatic heterocycles. The molecule has 0 radical (unpaired) electrons. The van der Waals surface area contributed by atoms with Crippen LogP contribution in [0.5, 0.6) is 5.75 Å². The van der Waals surface area contributed by atoms with Gasteiger partial charge in [-0.25, -0.2) is 0 Å². The average molecular weight is 466 g/mol. The van der Waals surface area contributed by atoms with Gasteiger partial charge in [-0.05, 0) is 28.8 Å². The van der Waals surface area contributed by atoms with Crippen LogP contribution in [0.3, 0.4) is 0 Å². The molecule has 176 valence electrons. The molecule has 2 N–H and O–H groups in total. The van der Waals surface area contributed by atoms with Gasteiger partial charge in [0.15, 0.2) is 5.78 Å². The van der Waals surface area contributed by atoms with Crippen molar-refractivity contribution < 1.29 is 19.4 Å². The first-order valence-electron chi connectivity index (χ1n) is 11.5. The van der Waals surface area contributed by atoms with Crippen molar-refractivity contribution in [3.63, 3.8) is 0 Å². The molecule has 5 nitrogen and oxygen atoms in total. The van der Waals surface area contributed by atoms with Gasteiger partial charge in [0.1, 0.15) is 18.4 Å². The van der Waals surface area contributed by atoms with Crippen molar-refractivity contribution in [2.75, 3.05) is 6.61 Å². The highest BCUT2D eigenvalue weighted by Gasteiger charge is 2.35. The van der Waals surface area contributed by atoms with Crippen molar-refractivity contribution in [1.82, 2.24) is 5.32 Å². The number of carbonyl (C=O) groups is 2. The van der Waals surface area contributed by atoms with E-state index in [-0.39, 0.29) is 12.4 Å². The quantitative estimate of drug-likeness (QED) is 0.287. The molecule has 4 aromatic carbocycles. The fourth-order valence-electron chi connectivity index (χ4n) is 3.92. The molecular weight excluding hydrogens is 438 g/mol. The Morgan fingerprint density at radius 2 is 1.26 bits per heavy atom. The normalized spacial score (nSPS) is 12.5. The van der Waals surface area contributed by atoms with E-state index < -0.39 is 17.9 Å². The third-order valence-corrected chi connectivity index (χ3v) is 5.82. The van der Waals surface area contributed by atoms with Gasteiger partial charge in [-0.1, -0.05) is 103 Å². The highest BCUT2D eigenvalue weighted by molar-refractivity contribution is 6.01. The lowest BCUT2D eigenvalue weighted by Gasteiger charge is -2.24. The summed E-state index contributed by atoms with van der Waals surface area (Å²) in [5.41, 5.74) is 3.40. The number of aliphatic carboxylic acids is 1. The van der Waals surface area contributed by atoms with E-state index >= 15 is 0 Å². The minimum atomic E-state index is -1.12. The van der Waals surface area contributed by atoms with Crippen LogP contribution < -0.4 is 10.1 Å². The van der Waals surface area contributed by atoms with Crippen LogP contribution in [0.4, 0.5) is 0 Å². The van der Waals surface area contributed by atoms with E-state index in [1.165, 1.54) is 0 Å². The van der Waals surface area contributed by atoms with E-state index in [2.05, 4.69) is 5.32 Å². The fourth-order valence-corrected chi connectivity index (χ4v) is 3.92. The van der Waals surface area contributed by atoms with Crippen molar-refractivity contribution in [3.05, 3.63) is 126 Å². The number of benzene rings is 4. The van der Waals surface area contributed by atoms with Gasteiger partial charge in [0.25, 0.3) is 0 Å². The zero-order valence-corrected chi connectivity index (χ0v) is 19.2. The third-order valence-electron chi connectivity index (χ3n) is 5.82. The van der Waals surface area contributed by atoms with E-state index in [1.807, 2.05) is 91.0 Å². The molecule has 4 rings (SSSR count). The minimum Gasteiger partial charge on any atom is -0.493 e. The first-order chi connectivity index (χ1) is 17.1. The number of hydrogen-bond donors (Lipinski definition) is 2. The zero-order valence-electron chi connectivity index (χ0n) is 19.2. The second-order valence-corrected chi connectivity index (χ2v) is 8.22. The van der Waals surface area contributed by atoms with E-state index in [4.69, 9.17) is 4.74 Å². The van der Waals surface area contributed by atoms with Gasteiger partial charge in [-0.2, -0.15) is 0 Å². The summed E-state index contributed by atoms with van der Waals surface area (Å²) in [6.07, 6.45) is 0. The minimum absolute atomic E-state index is 0.0674. The van der Waals surface area contributed by atoms with Gasteiger partial charge in [-0.15, -0.1) is 0 Å². The number of para-hydroxylation sites is 1. The van der Waals surface area contributed by atoms with Crippen molar-refractivity contribution in [1.29, 1.82) is 0 Å². The molecule has 2 atom stereocenters. The van der Waals surface area contributed by atoms with E-state index in [0.717, 1.165) is 16.7 Å². The number of carbonyl (C=O) groups excluding carboxylic acids is 1. The molecule has 0 bridgehead atoms. The first-order valence-corrected chi connectivity index (χ1v) is 11.5. The monoisotopic (exact) mass is 465 g/mol. The van der Waals surface area contributed by atoms with E-state index in [1.54, 1.807) is 24.3 Å². The molecule has 4 aromatic rings. The second kappa shape index (κ2) is 11.8. The van der Waals surface area contributed by atoms with Crippen LogP contribution in [0, 0.1) is 5.92 Å². The lowest BCUT2D eigenvalue weighted by Crippen LogP contribution is -2.48. The maximum Gasteiger partial charge on any atom is 0.321 e. The summed E-state index contributed by atoms with van der Waals surface area (Å²) >= 11 is 0. The van der Waals surface area contributed by atoms with Crippen LogP contribution in [0.2, 0.25) is 0 Å². The highest BCUT2D eigenvalue weighted by Crippen LogP contribution is 2.22. The smallest absolute Gasteiger partial charge is 0.321 e. The number of ketones is 1. The molecule has 0 amide bonds. The Kier molecular flexibility index (Phi) is 8.04.